The normalized spacial score (nSPS) is 19.1. The summed E-state index contributed by atoms with van der Waals surface area (Å²) in [6.07, 6.45) is 6.85. The first kappa shape index (κ1) is 13.9. The minimum Gasteiger partial charge on any atom is -0.302 e. The zero-order valence-corrected chi connectivity index (χ0v) is 12.3. The summed E-state index contributed by atoms with van der Waals surface area (Å²) < 4.78 is 0. The zero-order valence-electron chi connectivity index (χ0n) is 11.5. The van der Waals surface area contributed by atoms with Gasteiger partial charge in [0.15, 0.2) is 0 Å². The lowest BCUT2D eigenvalue weighted by Gasteiger charge is -2.32. The smallest absolute Gasteiger partial charge is 0.0712 e. The molecule has 1 saturated carbocycles. The van der Waals surface area contributed by atoms with Gasteiger partial charge in [-0.15, -0.1) is 11.6 Å². The number of likely N-dealkylation sites (N-methyl/N-ethyl adjacent to an activating group) is 1. The third-order valence-electron chi connectivity index (χ3n) is 4.09. The van der Waals surface area contributed by atoms with E-state index in [-0.39, 0.29) is 5.38 Å². The minimum atomic E-state index is 0.109. The lowest BCUT2D eigenvalue weighted by Crippen LogP contribution is -2.35. The van der Waals surface area contributed by atoms with Crippen LogP contribution in [0.25, 0.3) is 0 Å². The molecule has 0 radical (unpaired) electrons. The molecule has 1 aromatic rings. The van der Waals surface area contributed by atoms with E-state index in [0.29, 0.717) is 0 Å². The van der Waals surface area contributed by atoms with E-state index in [2.05, 4.69) is 43.1 Å². The standard InChI is InChI=1S/C16H24ClN/c1-13-8-10-14(11-9-13)16(17)12-18(2)15-6-4-3-5-7-15/h8-11,15-16H,3-7,12H2,1-2H3. The number of aryl methyl sites for hydroxylation is 1. The second kappa shape index (κ2) is 6.58. The molecule has 1 unspecified atom stereocenters. The molecule has 1 fully saturated rings. The van der Waals surface area contributed by atoms with Crippen LogP contribution in [0.3, 0.4) is 0 Å². The largest absolute Gasteiger partial charge is 0.302 e. The Balaban J connectivity index is 1.89. The molecule has 0 heterocycles. The van der Waals surface area contributed by atoms with Gasteiger partial charge < -0.3 is 4.90 Å². The Kier molecular flexibility index (Phi) is 5.08. The van der Waals surface area contributed by atoms with Crippen molar-refractivity contribution in [2.75, 3.05) is 13.6 Å². The highest BCUT2D eigenvalue weighted by Gasteiger charge is 2.20. The van der Waals surface area contributed by atoms with Gasteiger partial charge in [0.1, 0.15) is 0 Å². The highest BCUT2D eigenvalue weighted by Crippen LogP contribution is 2.26. The van der Waals surface area contributed by atoms with Gasteiger partial charge in [-0.05, 0) is 32.4 Å². The highest BCUT2D eigenvalue weighted by atomic mass is 35.5. The number of benzene rings is 1. The molecule has 0 N–H and O–H groups in total. The van der Waals surface area contributed by atoms with Gasteiger partial charge in [0.2, 0.25) is 0 Å². The van der Waals surface area contributed by atoms with Gasteiger partial charge in [-0.2, -0.15) is 0 Å². The van der Waals surface area contributed by atoms with Gasteiger partial charge in [0, 0.05) is 12.6 Å². The molecule has 0 aliphatic heterocycles. The minimum absolute atomic E-state index is 0.109. The number of hydrogen-bond acceptors (Lipinski definition) is 1. The summed E-state index contributed by atoms with van der Waals surface area (Å²) in [4.78, 5) is 2.46. The number of nitrogens with zero attached hydrogens (tertiary/aromatic N) is 1. The SMILES string of the molecule is Cc1ccc(C(Cl)CN(C)C2CCCCC2)cc1. The van der Waals surface area contributed by atoms with Crippen LogP contribution < -0.4 is 0 Å². The predicted octanol–water partition coefficient (Wildman–Crippen LogP) is 4.54. The zero-order chi connectivity index (χ0) is 13.0. The van der Waals surface area contributed by atoms with E-state index < -0.39 is 0 Å². The maximum absolute atomic E-state index is 6.53. The summed E-state index contributed by atoms with van der Waals surface area (Å²) in [5.74, 6) is 0. The summed E-state index contributed by atoms with van der Waals surface area (Å²) >= 11 is 6.53. The molecule has 1 atom stereocenters. The summed E-state index contributed by atoms with van der Waals surface area (Å²) in [7, 11) is 2.22. The van der Waals surface area contributed by atoms with Crippen molar-refractivity contribution >= 4 is 11.6 Å². The highest BCUT2D eigenvalue weighted by molar-refractivity contribution is 6.21. The summed E-state index contributed by atoms with van der Waals surface area (Å²) in [6.45, 7) is 3.07. The number of alkyl halides is 1. The number of hydrogen-bond donors (Lipinski definition) is 0. The first-order valence-corrected chi connectivity index (χ1v) is 7.51. The van der Waals surface area contributed by atoms with Crippen LogP contribution in [0.2, 0.25) is 0 Å². The molecule has 0 bridgehead atoms. The monoisotopic (exact) mass is 265 g/mol. The first-order chi connectivity index (χ1) is 8.66. The third kappa shape index (κ3) is 3.73. The second-order valence-electron chi connectivity index (χ2n) is 5.61. The van der Waals surface area contributed by atoms with Crippen LogP contribution in [0.15, 0.2) is 24.3 Å². The van der Waals surface area contributed by atoms with Crippen molar-refractivity contribution in [1.29, 1.82) is 0 Å². The van der Waals surface area contributed by atoms with Gasteiger partial charge in [-0.3, -0.25) is 0 Å². The van der Waals surface area contributed by atoms with Gasteiger partial charge in [0.05, 0.1) is 5.38 Å². The van der Waals surface area contributed by atoms with Crippen molar-refractivity contribution in [2.24, 2.45) is 0 Å². The van der Waals surface area contributed by atoms with Crippen LogP contribution >= 0.6 is 11.6 Å². The van der Waals surface area contributed by atoms with Gasteiger partial charge in [-0.1, -0.05) is 49.1 Å². The first-order valence-electron chi connectivity index (χ1n) is 7.07. The average Bonchev–Trinajstić information content (AvgIpc) is 2.40. The molecule has 1 aliphatic carbocycles. The number of rotatable bonds is 4. The second-order valence-corrected chi connectivity index (χ2v) is 6.14. The van der Waals surface area contributed by atoms with E-state index in [9.17, 15) is 0 Å². The topological polar surface area (TPSA) is 3.24 Å². The van der Waals surface area contributed by atoms with E-state index in [4.69, 9.17) is 11.6 Å². The Hall–Kier alpha value is -0.530. The molecule has 2 rings (SSSR count). The molecule has 0 spiro atoms. The van der Waals surface area contributed by atoms with Crippen molar-refractivity contribution < 1.29 is 0 Å². The van der Waals surface area contributed by atoms with E-state index in [1.165, 1.54) is 43.2 Å². The summed E-state index contributed by atoms with van der Waals surface area (Å²) in [5, 5.41) is 0.109. The Morgan fingerprint density at radius 3 is 2.39 bits per heavy atom. The van der Waals surface area contributed by atoms with E-state index in [1.54, 1.807) is 0 Å². The molecule has 100 valence electrons. The van der Waals surface area contributed by atoms with Crippen molar-refractivity contribution in [3.63, 3.8) is 0 Å². The van der Waals surface area contributed by atoms with Crippen LogP contribution in [0, 0.1) is 6.92 Å². The average molecular weight is 266 g/mol. The third-order valence-corrected chi connectivity index (χ3v) is 4.48. The Morgan fingerprint density at radius 2 is 1.78 bits per heavy atom. The lowest BCUT2D eigenvalue weighted by atomic mass is 9.94. The van der Waals surface area contributed by atoms with Crippen molar-refractivity contribution in [3.8, 4) is 0 Å². The summed E-state index contributed by atoms with van der Waals surface area (Å²) in [6, 6.07) is 9.34. The van der Waals surface area contributed by atoms with Crippen LogP contribution in [0.4, 0.5) is 0 Å². The maximum Gasteiger partial charge on any atom is 0.0712 e. The Morgan fingerprint density at radius 1 is 1.17 bits per heavy atom. The molecular weight excluding hydrogens is 242 g/mol. The van der Waals surface area contributed by atoms with Gasteiger partial charge in [0.25, 0.3) is 0 Å². The lowest BCUT2D eigenvalue weighted by molar-refractivity contribution is 0.192. The molecule has 1 aromatic carbocycles. The van der Waals surface area contributed by atoms with Crippen LogP contribution in [0.5, 0.6) is 0 Å². The van der Waals surface area contributed by atoms with Crippen molar-refractivity contribution in [2.45, 2.75) is 50.4 Å². The van der Waals surface area contributed by atoms with Crippen LogP contribution in [0.1, 0.15) is 48.6 Å². The van der Waals surface area contributed by atoms with Crippen molar-refractivity contribution in [3.05, 3.63) is 35.4 Å². The molecule has 0 saturated heterocycles. The fourth-order valence-corrected chi connectivity index (χ4v) is 3.17. The fourth-order valence-electron chi connectivity index (χ4n) is 2.80. The Bertz CT molecular complexity index is 354. The molecule has 2 heteroatoms. The molecule has 0 aromatic heterocycles. The Labute approximate surface area is 116 Å². The molecule has 0 amide bonds. The quantitative estimate of drug-likeness (QED) is 0.723. The van der Waals surface area contributed by atoms with E-state index in [0.717, 1.165) is 12.6 Å². The van der Waals surface area contributed by atoms with Crippen molar-refractivity contribution in [1.82, 2.24) is 4.90 Å². The molecule has 1 aliphatic rings. The maximum atomic E-state index is 6.53. The van der Waals surface area contributed by atoms with E-state index >= 15 is 0 Å². The van der Waals surface area contributed by atoms with Gasteiger partial charge >= 0.3 is 0 Å². The van der Waals surface area contributed by atoms with E-state index in [1.807, 2.05) is 0 Å². The summed E-state index contributed by atoms with van der Waals surface area (Å²) in [5.41, 5.74) is 2.54. The van der Waals surface area contributed by atoms with Crippen LogP contribution in [-0.4, -0.2) is 24.5 Å². The number of halogens is 1. The fraction of sp³-hybridized carbons (Fsp3) is 0.625. The molecule has 18 heavy (non-hydrogen) atoms. The molecule has 1 nitrogen and oxygen atoms in total. The van der Waals surface area contributed by atoms with Gasteiger partial charge in [-0.25, -0.2) is 0 Å². The predicted molar refractivity (Wildman–Crippen MR) is 79.3 cm³/mol. The molecular formula is C16H24ClN. The van der Waals surface area contributed by atoms with Crippen LogP contribution in [-0.2, 0) is 0 Å².